The van der Waals surface area contributed by atoms with Crippen molar-refractivity contribution in [2.75, 3.05) is 40.9 Å². The Labute approximate surface area is 227 Å². The maximum Gasteiger partial charge on any atom is 0.160 e. The van der Waals surface area contributed by atoms with Crippen LogP contribution in [0.5, 0.6) is 11.5 Å². The van der Waals surface area contributed by atoms with Crippen LogP contribution in [0.1, 0.15) is 29.7 Å². The quantitative estimate of drug-likeness (QED) is 0.342. The molecule has 3 aromatic carbocycles. The molecule has 2 atom stereocenters. The minimum atomic E-state index is -0.0305. The first kappa shape index (κ1) is 29.3. The second-order valence-corrected chi connectivity index (χ2v) is 9.56. The molecule has 1 heterocycles. The number of ether oxygens (including phenoxy) is 2. The zero-order valence-electron chi connectivity index (χ0n) is 20.7. The Kier molecular flexibility index (Phi) is 10.7. The first-order valence-electron chi connectivity index (χ1n) is 11.4. The number of hydrogen-bond acceptors (Lipinski definition) is 4. The van der Waals surface area contributed by atoms with E-state index in [0.29, 0.717) is 0 Å². The molecular formula is C28H35Cl3N2O2. The van der Waals surface area contributed by atoms with Crippen molar-refractivity contribution in [3.8, 4) is 11.5 Å². The van der Waals surface area contributed by atoms with Crippen molar-refractivity contribution in [1.29, 1.82) is 0 Å². The van der Waals surface area contributed by atoms with Crippen molar-refractivity contribution in [3.63, 3.8) is 0 Å². The third-order valence-corrected chi connectivity index (χ3v) is 7.14. The summed E-state index contributed by atoms with van der Waals surface area (Å²) in [5.74, 6) is 1.54. The number of likely N-dealkylation sites (N-methyl/N-ethyl adjacent to an activating group) is 1. The van der Waals surface area contributed by atoms with E-state index in [0.717, 1.165) is 42.6 Å². The van der Waals surface area contributed by atoms with Crippen molar-refractivity contribution in [3.05, 3.63) is 94.5 Å². The second-order valence-electron chi connectivity index (χ2n) is 9.12. The van der Waals surface area contributed by atoms with Gasteiger partial charge in [0.2, 0.25) is 0 Å². The summed E-state index contributed by atoms with van der Waals surface area (Å²) < 4.78 is 11.0. The second kappa shape index (κ2) is 12.8. The van der Waals surface area contributed by atoms with Crippen LogP contribution < -0.4 is 9.47 Å². The van der Waals surface area contributed by atoms with Gasteiger partial charge in [0, 0.05) is 30.2 Å². The molecule has 2 unspecified atom stereocenters. The summed E-state index contributed by atoms with van der Waals surface area (Å²) in [6.45, 7) is 5.31. The van der Waals surface area contributed by atoms with Gasteiger partial charge in [-0.05, 0) is 61.3 Å². The Balaban J connectivity index is 0.00000216. The first-order chi connectivity index (χ1) is 15.9. The summed E-state index contributed by atoms with van der Waals surface area (Å²) in [5.41, 5.74) is 3.78. The lowest BCUT2D eigenvalue weighted by atomic mass is 9.86. The minimum absolute atomic E-state index is 0. The molecule has 0 spiro atoms. The highest BCUT2D eigenvalue weighted by atomic mass is 35.5. The number of piperazine rings is 1. The lowest BCUT2D eigenvalue weighted by molar-refractivity contribution is 0.0133. The van der Waals surface area contributed by atoms with Crippen LogP contribution in [0.15, 0.2) is 72.8 Å². The molecule has 0 amide bonds. The zero-order valence-corrected chi connectivity index (χ0v) is 23.1. The molecule has 3 aromatic rings. The highest BCUT2D eigenvalue weighted by Crippen LogP contribution is 2.36. The number of benzene rings is 3. The molecule has 0 N–H and O–H groups in total. The molecule has 0 bridgehead atoms. The summed E-state index contributed by atoms with van der Waals surface area (Å²) in [4.78, 5) is 5.10. The van der Waals surface area contributed by atoms with E-state index in [1.54, 1.807) is 14.2 Å². The molecule has 190 valence electrons. The molecular weight excluding hydrogens is 503 g/mol. The van der Waals surface area contributed by atoms with E-state index in [-0.39, 0.29) is 36.4 Å². The molecule has 7 heteroatoms. The lowest BCUT2D eigenvalue weighted by Gasteiger charge is -2.50. The van der Waals surface area contributed by atoms with Gasteiger partial charge in [-0.3, -0.25) is 9.80 Å². The van der Waals surface area contributed by atoms with Gasteiger partial charge in [0.25, 0.3) is 0 Å². The van der Waals surface area contributed by atoms with Crippen LogP contribution >= 0.6 is 36.4 Å². The van der Waals surface area contributed by atoms with Crippen molar-refractivity contribution in [1.82, 2.24) is 9.80 Å². The van der Waals surface area contributed by atoms with Crippen LogP contribution in [0.4, 0.5) is 0 Å². The number of hydrogen-bond donors (Lipinski definition) is 0. The predicted octanol–water partition coefficient (Wildman–Crippen LogP) is 6.54. The molecule has 1 saturated heterocycles. The van der Waals surface area contributed by atoms with Gasteiger partial charge in [0.1, 0.15) is 0 Å². The van der Waals surface area contributed by atoms with E-state index in [1.165, 1.54) is 16.7 Å². The van der Waals surface area contributed by atoms with Gasteiger partial charge in [-0.25, -0.2) is 0 Å². The van der Waals surface area contributed by atoms with Crippen LogP contribution in [0.2, 0.25) is 5.02 Å². The SMILES string of the molecule is COc1ccc(CC2(C)CN(C(c3ccccc3)c3ccc(Cl)cc3)CCN2C)cc1OC.Cl.Cl. The van der Waals surface area contributed by atoms with Gasteiger partial charge in [-0.15, -0.1) is 24.8 Å². The molecule has 0 aliphatic carbocycles. The number of nitrogens with zero attached hydrogens (tertiary/aromatic N) is 2. The summed E-state index contributed by atoms with van der Waals surface area (Å²) in [6, 6.07) is 25.5. The summed E-state index contributed by atoms with van der Waals surface area (Å²) in [6.07, 6.45) is 0.919. The van der Waals surface area contributed by atoms with Crippen LogP contribution in [-0.4, -0.2) is 56.2 Å². The third kappa shape index (κ3) is 6.63. The number of rotatable bonds is 7. The van der Waals surface area contributed by atoms with Crippen molar-refractivity contribution in [2.45, 2.75) is 24.9 Å². The molecule has 0 saturated carbocycles. The summed E-state index contributed by atoms with van der Waals surface area (Å²) >= 11 is 6.21. The van der Waals surface area contributed by atoms with E-state index >= 15 is 0 Å². The molecule has 1 aliphatic heterocycles. The molecule has 4 nitrogen and oxygen atoms in total. The van der Waals surface area contributed by atoms with Crippen molar-refractivity contribution in [2.24, 2.45) is 0 Å². The smallest absolute Gasteiger partial charge is 0.160 e. The predicted molar refractivity (Wildman–Crippen MR) is 150 cm³/mol. The van der Waals surface area contributed by atoms with Gasteiger partial charge in [-0.1, -0.05) is 60.1 Å². The van der Waals surface area contributed by atoms with Crippen molar-refractivity contribution >= 4 is 36.4 Å². The largest absolute Gasteiger partial charge is 0.493 e. The Morgan fingerprint density at radius 2 is 1.49 bits per heavy atom. The average Bonchev–Trinajstić information content (AvgIpc) is 2.83. The Bertz CT molecular complexity index is 1070. The molecule has 4 rings (SSSR count). The Morgan fingerprint density at radius 1 is 0.857 bits per heavy atom. The van der Waals surface area contributed by atoms with Crippen molar-refractivity contribution < 1.29 is 9.47 Å². The van der Waals surface area contributed by atoms with Gasteiger partial charge < -0.3 is 9.47 Å². The lowest BCUT2D eigenvalue weighted by Crippen LogP contribution is -2.60. The molecule has 1 aliphatic rings. The molecule has 0 radical (unpaired) electrons. The van der Waals surface area contributed by atoms with Gasteiger partial charge in [-0.2, -0.15) is 0 Å². The third-order valence-electron chi connectivity index (χ3n) is 6.89. The van der Waals surface area contributed by atoms with Gasteiger partial charge in [0.15, 0.2) is 11.5 Å². The normalized spacial score (nSPS) is 19.2. The summed E-state index contributed by atoms with van der Waals surface area (Å²) in [7, 11) is 5.60. The molecule has 1 fully saturated rings. The summed E-state index contributed by atoms with van der Waals surface area (Å²) in [5, 5.41) is 0.766. The Hall–Kier alpha value is -1.95. The monoisotopic (exact) mass is 536 g/mol. The fourth-order valence-corrected chi connectivity index (χ4v) is 5.05. The van der Waals surface area contributed by atoms with Crippen LogP contribution in [0.3, 0.4) is 0 Å². The Morgan fingerprint density at radius 3 is 2.11 bits per heavy atom. The maximum atomic E-state index is 6.21. The number of halogens is 3. The fraction of sp³-hybridized carbons (Fsp3) is 0.357. The average molecular weight is 538 g/mol. The van der Waals surface area contributed by atoms with Crippen LogP contribution in [0, 0.1) is 0 Å². The number of methoxy groups -OCH3 is 2. The van der Waals surface area contributed by atoms with Crippen LogP contribution in [-0.2, 0) is 6.42 Å². The van der Waals surface area contributed by atoms with E-state index < -0.39 is 0 Å². The van der Waals surface area contributed by atoms with Gasteiger partial charge in [0.05, 0.1) is 20.3 Å². The fourth-order valence-electron chi connectivity index (χ4n) is 4.92. The molecule has 35 heavy (non-hydrogen) atoms. The van der Waals surface area contributed by atoms with E-state index in [9.17, 15) is 0 Å². The topological polar surface area (TPSA) is 24.9 Å². The molecule has 0 aromatic heterocycles. The maximum absolute atomic E-state index is 6.21. The zero-order chi connectivity index (χ0) is 23.4. The van der Waals surface area contributed by atoms with Crippen LogP contribution in [0.25, 0.3) is 0 Å². The highest BCUT2D eigenvalue weighted by Gasteiger charge is 2.38. The van der Waals surface area contributed by atoms with E-state index in [1.807, 2.05) is 18.2 Å². The highest BCUT2D eigenvalue weighted by molar-refractivity contribution is 6.30. The van der Waals surface area contributed by atoms with E-state index in [2.05, 4.69) is 78.4 Å². The standard InChI is InChI=1S/C28H33ClN2O2.2ClH/c1-28(19-21-10-15-25(32-3)26(18-21)33-4)20-31(17-16-30(28)2)27(22-8-6-5-7-9-22)23-11-13-24(29)14-12-23;;/h5-15,18,27H,16-17,19-20H2,1-4H3;2*1H. The first-order valence-corrected chi connectivity index (χ1v) is 11.8. The van der Waals surface area contributed by atoms with E-state index in [4.69, 9.17) is 21.1 Å². The minimum Gasteiger partial charge on any atom is -0.493 e. The van der Waals surface area contributed by atoms with Gasteiger partial charge >= 0.3 is 0 Å².